The molecule has 1 aromatic carbocycles. The summed E-state index contributed by atoms with van der Waals surface area (Å²) in [5, 5.41) is 16.4. The fourth-order valence-electron chi connectivity index (χ4n) is 3.78. The summed E-state index contributed by atoms with van der Waals surface area (Å²) in [6.07, 6.45) is 2.46. The van der Waals surface area contributed by atoms with Gasteiger partial charge in [0.05, 0.1) is 23.9 Å². The normalized spacial score (nSPS) is 25.0. The van der Waals surface area contributed by atoms with Crippen molar-refractivity contribution in [3.63, 3.8) is 0 Å². The molecule has 3 rings (SSSR count). The first-order chi connectivity index (χ1) is 14.6. The van der Waals surface area contributed by atoms with Crippen LogP contribution in [-0.2, 0) is 29.2 Å². The van der Waals surface area contributed by atoms with Gasteiger partial charge in [-0.05, 0) is 31.4 Å². The summed E-state index contributed by atoms with van der Waals surface area (Å²) in [6.45, 7) is 2.62. The quantitative estimate of drug-likeness (QED) is 0.272. The molecule has 1 saturated carbocycles. The molecule has 172 valence electrons. The number of phenolic OH excluding ortho intramolecular Hbond substituents is 1. The van der Waals surface area contributed by atoms with Crippen LogP contribution in [-0.4, -0.2) is 74.6 Å². The van der Waals surface area contributed by atoms with Crippen LogP contribution in [0.4, 0.5) is 5.69 Å². The lowest BCUT2D eigenvalue weighted by Gasteiger charge is -2.38. The zero-order valence-electron chi connectivity index (χ0n) is 17.4. The van der Waals surface area contributed by atoms with Crippen LogP contribution in [0.5, 0.6) is 5.75 Å². The van der Waals surface area contributed by atoms with Crippen LogP contribution in [0, 0.1) is 0 Å². The van der Waals surface area contributed by atoms with Crippen LogP contribution in [0.2, 0.25) is 5.02 Å². The van der Waals surface area contributed by atoms with Gasteiger partial charge in [0.1, 0.15) is 17.0 Å². The summed E-state index contributed by atoms with van der Waals surface area (Å²) < 4.78 is 31.5. The van der Waals surface area contributed by atoms with Gasteiger partial charge >= 0.3 is 0 Å². The molecule has 1 saturated heterocycles. The summed E-state index contributed by atoms with van der Waals surface area (Å²) in [4.78, 5) is 28.6. The Morgan fingerprint density at radius 2 is 2.00 bits per heavy atom. The molecule has 10 nitrogen and oxygen atoms in total. The van der Waals surface area contributed by atoms with E-state index in [2.05, 4.69) is 10.6 Å². The molecular formula is C19H26ClN3O7S. The molecule has 0 amide bonds. The highest BCUT2D eigenvalue weighted by Crippen LogP contribution is 2.39. The van der Waals surface area contributed by atoms with Gasteiger partial charge in [0.25, 0.3) is 10.0 Å². The van der Waals surface area contributed by atoms with Gasteiger partial charge in [0.2, 0.25) is 11.6 Å². The number of sulfonamides is 1. The lowest BCUT2D eigenvalue weighted by atomic mass is 9.81. The fourth-order valence-corrected chi connectivity index (χ4v) is 5.34. The van der Waals surface area contributed by atoms with E-state index in [-0.39, 0.29) is 22.9 Å². The number of phenols is 1. The van der Waals surface area contributed by atoms with Crippen molar-refractivity contribution in [2.24, 2.45) is 0 Å². The number of nitrogens with one attached hydrogen (secondary N) is 2. The Kier molecular flexibility index (Phi) is 7.24. The molecule has 3 N–H and O–H groups in total. The van der Waals surface area contributed by atoms with Gasteiger partial charge in [0.15, 0.2) is 5.75 Å². The third-order valence-corrected chi connectivity index (χ3v) is 7.82. The van der Waals surface area contributed by atoms with E-state index in [4.69, 9.17) is 21.2 Å². The number of anilines is 1. The maximum Gasteiger partial charge on any atom is 0.269 e. The van der Waals surface area contributed by atoms with Gasteiger partial charge < -0.3 is 15.2 Å². The molecule has 2 fully saturated rings. The van der Waals surface area contributed by atoms with E-state index in [0.29, 0.717) is 17.5 Å². The highest BCUT2D eigenvalue weighted by Gasteiger charge is 2.50. The van der Waals surface area contributed by atoms with Crippen molar-refractivity contribution in [2.75, 3.05) is 26.1 Å². The topological polar surface area (TPSA) is 134 Å². The average Bonchev–Trinajstić information content (AvgIpc) is 3.28. The maximum absolute atomic E-state index is 12.6. The van der Waals surface area contributed by atoms with Crippen molar-refractivity contribution in [1.29, 1.82) is 0 Å². The Balaban J connectivity index is 1.84. The van der Waals surface area contributed by atoms with Crippen LogP contribution < -0.4 is 10.6 Å². The minimum atomic E-state index is -4.26. The summed E-state index contributed by atoms with van der Waals surface area (Å²) in [5.41, 5.74) is -0.0460. The third kappa shape index (κ3) is 4.43. The van der Waals surface area contributed by atoms with Crippen molar-refractivity contribution in [2.45, 2.75) is 55.3 Å². The van der Waals surface area contributed by atoms with Gasteiger partial charge in [0, 0.05) is 19.7 Å². The predicted octanol–water partition coefficient (Wildman–Crippen LogP) is 1.08. The van der Waals surface area contributed by atoms with E-state index in [1.165, 1.54) is 12.1 Å². The number of carbonyl (C=O) groups is 2. The molecule has 12 heteroatoms. The monoisotopic (exact) mass is 475 g/mol. The summed E-state index contributed by atoms with van der Waals surface area (Å²) in [5.74, 6) is -1.91. The molecule has 4 atom stereocenters. The molecule has 0 aromatic heterocycles. The van der Waals surface area contributed by atoms with Gasteiger partial charge in [-0.2, -0.15) is 0 Å². The number of rotatable bonds is 9. The zero-order chi connectivity index (χ0) is 22.9. The lowest BCUT2D eigenvalue weighted by Crippen LogP contribution is -2.69. The molecule has 0 bridgehead atoms. The smallest absolute Gasteiger partial charge is 0.269 e. The Morgan fingerprint density at radius 3 is 2.58 bits per heavy atom. The molecule has 4 unspecified atom stereocenters. The number of benzene rings is 1. The van der Waals surface area contributed by atoms with E-state index < -0.39 is 44.3 Å². The average molecular weight is 476 g/mol. The highest BCUT2D eigenvalue weighted by molar-refractivity contribution is 7.89. The van der Waals surface area contributed by atoms with E-state index in [9.17, 15) is 23.1 Å². The molecule has 1 aromatic rings. The number of Topliss-reactive ketones (excluding diaryl/α,β-unsaturated/α-hetero) is 2. The number of hydroxylamine groups is 1. The Morgan fingerprint density at radius 1 is 1.32 bits per heavy atom. The van der Waals surface area contributed by atoms with Crippen LogP contribution >= 0.6 is 11.6 Å². The Hall–Kier alpha value is -1.76. The van der Waals surface area contributed by atoms with Crippen molar-refractivity contribution in [3.05, 3.63) is 17.2 Å². The van der Waals surface area contributed by atoms with Gasteiger partial charge in [-0.25, -0.2) is 8.42 Å². The standard InChI is InChI=1S/C19H26ClN3O7S/c1-4-11(13-6-5-9-30-13)21-14-15(18(26)17(14)25)22-12-8-7-10(20)19(16(12)24)31(27,28)23(2)29-3/h7-8,11,13-15,21-22,24H,4-6,9H2,1-3H3. The Bertz CT molecular complexity index is 965. The molecule has 0 spiro atoms. The van der Waals surface area contributed by atoms with E-state index >= 15 is 0 Å². The number of hydrogen-bond donors (Lipinski definition) is 3. The fraction of sp³-hybridized carbons (Fsp3) is 0.579. The number of hydrogen-bond acceptors (Lipinski definition) is 9. The third-order valence-electron chi connectivity index (χ3n) is 5.64. The Labute approximate surface area is 185 Å². The molecule has 1 aliphatic carbocycles. The highest BCUT2D eigenvalue weighted by atomic mass is 35.5. The van der Waals surface area contributed by atoms with Crippen LogP contribution in [0.1, 0.15) is 26.2 Å². The predicted molar refractivity (Wildman–Crippen MR) is 112 cm³/mol. The molecule has 2 aliphatic rings. The maximum atomic E-state index is 12.6. The first kappa shape index (κ1) is 23.9. The van der Waals surface area contributed by atoms with E-state index in [0.717, 1.165) is 27.0 Å². The molecule has 1 aliphatic heterocycles. The molecule has 1 heterocycles. The number of aromatic hydroxyl groups is 1. The SMILES string of the molecule is CCC(NC1C(=O)C(=O)C1Nc1ccc(Cl)c(S(=O)(=O)N(C)OC)c1O)C1CCCO1. The molecule has 31 heavy (non-hydrogen) atoms. The van der Waals surface area contributed by atoms with Crippen molar-refractivity contribution < 1.29 is 32.7 Å². The van der Waals surface area contributed by atoms with E-state index in [1.807, 2.05) is 6.92 Å². The summed E-state index contributed by atoms with van der Waals surface area (Å²) >= 11 is 6.02. The first-order valence-corrected chi connectivity index (χ1v) is 11.7. The van der Waals surface area contributed by atoms with Crippen molar-refractivity contribution >= 4 is 38.9 Å². The number of ketones is 2. The minimum Gasteiger partial charge on any atom is -0.504 e. The molecular weight excluding hydrogens is 450 g/mol. The number of nitrogens with zero attached hydrogens (tertiary/aromatic N) is 1. The van der Waals surface area contributed by atoms with Crippen molar-refractivity contribution in [1.82, 2.24) is 9.79 Å². The summed E-state index contributed by atoms with van der Waals surface area (Å²) in [7, 11) is -1.97. The van der Waals surface area contributed by atoms with Gasteiger partial charge in [-0.3, -0.25) is 19.7 Å². The van der Waals surface area contributed by atoms with Gasteiger partial charge in [-0.15, -0.1) is 0 Å². The summed E-state index contributed by atoms with van der Waals surface area (Å²) in [6, 6.07) is 0.714. The second kappa shape index (κ2) is 9.39. The largest absolute Gasteiger partial charge is 0.504 e. The molecule has 0 radical (unpaired) electrons. The second-order valence-electron chi connectivity index (χ2n) is 7.43. The van der Waals surface area contributed by atoms with Gasteiger partial charge in [-0.1, -0.05) is 23.0 Å². The van der Waals surface area contributed by atoms with E-state index in [1.54, 1.807) is 0 Å². The van der Waals surface area contributed by atoms with Crippen LogP contribution in [0.15, 0.2) is 17.0 Å². The lowest BCUT2D eigenvalue weighted by molar-refractivity contribution is -0.146. The number of ether oxygens (including phenoxy) is 1. The number of halogens is 1. The van der Waals surface area contributed by atoms with Crippen LogP contribution in [0.25, 0.3) is 0 Å². The van der Waals surface area contributed by atoms with Crippen LogP contribution in [0.3, 0.4) is 0 Å². The first-order valence-electron chi connectivity index (χ1n) is 9.90. The zero-order valence-corrected chi connectivity index (χ0v) is 19.0. The van der Waals surface area contributed by atoms with Crippen molar-refractivity contribution in [3.8, 4) is 5.75 Å². The number of carbonyl (C=O) groups excluding carboxylic acids is 2. The second-order valence-corrected chi connectivity index (χ2v) is 9.71. The minimum absolute atomic E-state index is 0.0422.